The second-order valence-corrected chi connectivity index (χ2v) is 7.16. The molecule has 0 aliphatic heterocycles. The van der Waals surface area contributed by atoms with Gasteiger partial charge in [0, 0.05) is 30.3 Å². The van der Waals surface area contributed by atoms with Crippen LogP contribution in [-0.2, 0) is 16.6 Å². The van der Waals surface area contributed by atoms with Crippen LogP contribution < -0.4 is 10.0 Å². The summed E-state index contributed by atoms with van der Waals surface area (Å²) in [5.74, 6) is 0.264. The molecule has 0 saturated heterocycles. The number of hydrogen-bond donors (Lipinski definition) is 2. The molecule has 3 aromatic rings. The monoisotopic (exact) mass is 358 g/mol. The Bertz CT molecular complexity index is 932. The smallest absolute Gasteiger partial charge is 0.267 e. The molecule has 2 heterocycles. The number of aryl methyl sites for hydroxylation is 2. The van der Waals surface area contributed by atoms with Crippen LogP contribution in [0, 0.1) is 13.8 Å². The molecule has 3 rings (SSSR count). The first-order chi connectivity index (χ1) is 12.0. The fraction of sp³-hybridized carbons (Fsp3) is 0.176. The number of pyridine rings is 1. The van der Waals surface area contributed by atoms with Gasteiger partial charge in [-0.3, -0.25) is 9.71 Å². The van der Waals surface area contributed by atoms with Crippen molar-refractivity contribution in [3.05, 3.63) is 65.8 Å². The van der Waals surface area contributed by atoms with E-state index in [1.54, 1.807) is 38.4 Å². The molecule has 0 unspecified atom stereocenters. The van der Waals surface area contributed by atoms with Crippen LogP contribution >= 0.6 is 0 Å². The van der Waals surface area contributed by atoms with E-state index in [0.717, 1.165) is 11.3 Å². The van der Waals surface area contributed by atoms with Gasteiger partial charge in [-0.25, -0.2) is 8.42 Å². The first-order valence-electron chi connectivity index (χ1n) is 7.64. The maximum absolute atomic E-state index is 12.5. The second-order valence-electron chi connectivity index (χ2n) is 5.55. The number of aromatic nitrogens is 2. The highest BCUT2D eigenvalue weighted by molar-refractivity contribution is 7.92. The molecule has 8 heteroatoms. The van der Waals surface area contributed by atoms with Gasteiger partial charge < -0.3 is 9.84 Å². The van der Waals surface area contributed by atoms with Gasteiger partial charge in [-0.2, -0.15) is 0 Å². The minimum absolute atomic E-state index is 0.0763. The molecule has 0 aliphatic carbocycles. The Balaban J connectivity index is 1.68. The lowest BCUT2D eigenvalue weighted by Crippen LogP contribution is -2.14. The number of rotatable bonds is 6. The van der Waals surface area contributed by atoms with Gasteiger partial charge in [0.2, 0.25) is 0 Å². The van der Waals surface area contributed by atoms with E-state index in [1.807, 2.05) is 24.3 Å². The number of benzene rings is 1. The van der Waals surface area contributed by atoms with Crippen LogP contribution in [0.15, 0.2) is 58.2 Å². The summed E-state index contributed by atoms with van der Waals surface area (Å²) in [5, 5.41) is 6.95. The predicted molar refractivity (Wildman–Crippen MR) is 94.8 cm³/mol. The number of hydrogen-bond acceptors (Lipinski definition) is 6. The molecule has 25 heavy (non-hydrogen) atoms. The Morgan fingerprint density at radius 3 is 2.24 bits per heavy atom. The van der Waals surface area contributed by atoms with Crippen molar-refractivity contribution in [2.24, 2.45) is 0 Å². The quantitative estimate of drug-likeness (QED) is 0.703. The highest BCUT2D eigenvalue weighted by atomic mass is 32.2. The Hall–Kier alpha value is -2.87. The van der Waals surface area contributed by atoms with E-state index in [0.29, 0.717) is 17.9 Å². The summed E-state index contributed by atoms with van der Waals surface area (Å²) in [6.45, 7) is 3.82. The van der Waals surface area contributed by atoms with Crippen LogP contribution in [0.1, 0.15) is 17.0 Å². The zero-order chi connectivity index (χ0) is 17.9. The number of nitrogens with zero attached hydrogens (tertiary/aromatic N) is 2. The van der Waals surface area contributed by atoms with Crippen LogP contribution in [0.3, 0.4) is 0 Å². The van der Waals surface area contributed by atoms with Crippen LogP contribution in [0.5, 0.6) is 0 Å². The maximum Gasteiger partial charge on any atom is 0.267 e. The summed E-state index contributed by atoms with van der Waals surface area (Å²) in [4.78, 5) is 4.05. The van der Waals surface area contributed by atoms with E-state index in [1.165, 1.54) is 0 Å². The van der Waals surface area contributed by atoms with Crippen molar-refractivity contribution in [2.45, 2.75) is 25.3 Å². The SMILES string of the molecule is Cc1noc(C)c1S(=O)(=O)Nc1ccc(NCc2ccncc2)cc1. The van der Waals surface area contributed by atoms with E-state index in [-0.39, 0.29) is 10.7 Å². The minimum atomic E-state index is -3.73. The molecule has 0 aliphatic rings. The van der Waals surface area contributed by atoms with Crippen molar-refractivity contribution < 1.29 is 12.9 Å². The molecule has 1 aromatic carbocycles. The molecule has 130 valence electrons. The van der Waals surface area contributed by atoms with E-state index in [2.05, 4.69) is 20.2 Å². The first kappa shape index (κ1) is 17.0. The lowest BCUT2D eigenvalue weighted by molar-refractivity contribution is 0.390. The fourth-order valence-electron chi connectivity index (χ4n) is 2.43. The Morgan fingerprint density at radius 1 is 1.00 bits per heavy atom. The van der Waals surface area contributed by atoms with Gasteiger partial charge in [-0.1, -0.05) is 5.16 Å². The summed E-state index contributed by atoms with van der Waals surface area (Å²) < 4.78 is 32.4. The molecule has 0 spiro atoms. The molecule has 0 fully saturated rings. The second kappa shape index (κ2) is 6.94. The number of sulfonamides is 1. The van der Waals surface area contributed by atoms with Crippen molar-refractivity contribution in [3.8, 4) is 0 Å². The molecular weight excluding hydrogens is 340 g/mol. The molecule has 7 nitrogen and oxygen atoms in total. The first-order valence-corrected chi connectivity index (χ1v) is 9.12. The lowest BCUT2D eigenvalue weighted by atomic mass is 10.2. The highest BCUT2D eigenvalue weighted by Crippen LogP contribution is 2.23. The van der Waals surface area contributed by atoms with Gasteiger partial charge in [0.05, 0.1) is 0 Å². The summed E-state index contributed by atoms with van der Waals surface area (Å²) in [7, 11) is -3.73. The maximum atomic E-state index is 12.5. The van der Waals surface area contributed by atoms with Gasteiger partial charge in [0.1, 0.15) is 5.69 Å². The van der Waals surface area contributed by atoms with Crippen molar-refractivity contribution in [2.75, 3.05) is 10.0 Å². The van der Waals surface area contributed by atoms with Crippen LogP contribution in [-0.4, -0.2) is 18.6 Å². The third-order valence-electron chi connectivity index (χ3n) is 3.62. The number of nitrogens with one attached hydrogen (secondary N) is 2. The molecular formula is C17H18N4O3S. The Labute approximate surface area is 146 Å². The van der Waals surface area contributed by atoms with Gasteiger partial charge in [-0.15, -0.1) is 0 Å². The third-order valence-corrected chi connectivity index (χ3v) is 5.24. The highest BCUT2D eigenvalue weighted by Gasteiger charge is 2.24. The Morgan fingerprint density at radius 2 is 1.64 bits per heavy atom. The lowest BCUT2D eigenvalue weighted by Gasteiger charge is -2.10. The average Bonchev–Trinajstić information content (AvgIpc) is 2.94. The van der Waals surface area contributed by atoms with E-state index in [4.69, 9.17) is 4.52 Å². The fourth-order valence-corrected chi connectivity index (χ4v) is 3.82. The largest absolute Gasteiger partial charge is 0.381 e. The summed E-state index contributed by atoms with van der Waals surface area (Å²) >= 11 is 0. The average molecular weight is 358 g/mol. The van der Waals surface area contributed by atoms with Crippen LogP contribution in [0.2, 0.25) is 0 Å². The summed E-state index contributed by atoms with van der Waals surface area (Å²) in [6.07, 6.45) is 3.48. The molecule has 0 bridgehead atoms. The van der Waals surface area contributed by atoms with E-state index < -0.39 is 10.0 Å². The minimum Gasteiger partial charge on any atom is -0.381 e. The van der Waals surface area contributed by atoms with E-state index >= 15 is 0 Å². The number of anilines is 2. The van der Waals surface area contributed by atoms with E-state index in [9.17, 15) is 8.42 Å². The van der Waals surface area contributed by atoms with Crippen molar-refractivity contribution in [3.63, 3.8) is 0 Å². The summed E-state index contributed by atoms with van der Waals surface area (Å²) in [6, 6.07) is 10.9. The Kier molecular flexibility index (Phi) is 4.71. The molecule has 0 radical (unpaired) electrons. The van der Waals surface area contributed by atoms with Gasteiger partial charge in [-0.05, 0) is 55.8 Å². The van der Waals surface area contributed by atoms with Crippen molar-refractivity contribution >= 4 is 21.4 Å². The molecule has 0 atom stereocenters. The standard InChI is InChI=1S/C17H18N4O3S/c1-12-17(13(2)24-20-12)25(22,23)21-16-5-3-15(4-6-16)19-11-14-7-9-18-10-8-14/h3-10,19,21H,11H2,1-2H3. The molecule has 0 saturated carbocycles. The molecule has 2 aromatic heterocycles. The molecule has 2 N–H and O–H groups in total. The van der Waals surface area contributed by atoms with Crippen LogP contribution in [0.4, 0.5) is 11.4 Å². The molecule has 0 amide bonds. The zero-order valence-corrected chi connectivity index (χ0v) is 14.7. The topological polar surface area (TPSA) is 97.1 Å². The van der Waals surface area contributed by atoms with Crippen molar-refractivity contribution in [1.82, 2.24) is 10.1 Å². The zero-order valence-electron chi connectivity index (χ0n) is 13.9. The summed E-state index contributed by atoms with van der Waals surface area (Å²) in [5.41, 5.74) is 2.80. The van der Waals surface area contributed by atoms with Gasteiger partial charge in [0.15, 0.2) is 10.7 Å². The normalized spacial score (nSPS) is 11.3. The predicted octanol–water partition coefficient (Wildman–Crippen LogP) is 3.10. The van der Waals surface area contributed by atoms with Gasteiger partial charge in [0.25, 0.3) is 10.0 Å². The van der Waals surface area contributed by atoms with Gasteiger partial charge >= 0.3 is 0 Å². The van der Waals surface area contributed by atoms with Crippen LogP contribution in [0.25, 0.3) is 0 Å². The van der Waals surface area contributed by atoms with Crippen molar-refractivity contribution in [1.29, 1.82) is 0 Å². The third kappa shape index (κ3) is 3.97.